The molecule has 0 radical (unpaired) electrons. The molecule has 0 bridgehead atoms. The maximum absolute atomic E-state index is 12.5. The molecule has 1 aromatic rings. The van der Waals surface area contributed by atoms with Crippen LogP contribution in [0, 0.1) is 0 Å². The molecule has 2 heterocycles. The first kappa shape index (κ1) is 13.3. The summed E-state index contributed by atoms with van der Waals surface area (Å²) in [6.45, 7) is 9.11. The SMILES string of the molecule is CCn1ccnc1CC(=O)C(C)(C)N1CCCC1. The summed E-state index contributed by atoms with van der Waals surface area (Å²) in [4.78, 5) is 19.1. The van der Waals surface area contributed by atoms with Gasteiger partial charge < -0.3 is 4.57 Å². The van der Waals surface area contributed by atoms with Crippen LogP contribution in [0.4, 0.5) is 0 Å². The van der Waals surface area contributed by atoms with Crippen molar-refractivity contribution in [2.24, 2.45) is 0 Å². The topological polar surface area (TPSA) is 38.1 Å². The van der Waals surface area contributed by atoms with Crippen LogP contribution in [0.5, 0.6) is 0 Å². The van der Waals surface area contributed by atoms with Crippen molar-refractivity contribution in [2.45, 2.75) is 52.1 Å². The predicted molar refractivity (Wildman–Crippen MR) is 71.5 cm³/mol. The number of carbonyl (C=O) groups is 1. The molecule has 1 aliphatic rings. The summed E-state index contributed by atoms with van der Waals surface area (Å²) in [6.07, 6.45) is 6.56. The van der Waals surface area contributed by atoms with E-state index in [9.17, 15) is 4.79 Å². The summed E-state index contributed by atoms with van der Waals surface area (Å²) in [5, 5.41) is 0. The molecule has 0 unspecified atom stereocenters. The third-order valence-corrected chi connectivity index (χ3v) is 4.04. The summed E-state index contributed by atoms with van der Waals surface area (Å²) >= 11 is 0. The minimum atomic E-state index is -0.360. The lowest BCUT2D eigenvalue weighted by molar-refractivity contribution is -0.128. The Morgan fingerprint density at radius 3 is 2.67 bits per heavy atom. The normalized spacial score (nSPS) is 17.3. The Hall–Kier alpha value is -1.16. The van der Waals surface area contributed by atoms with Gasteiger partial charge in [0.25, 0.3) is 0 Å². The number of imidazole rings is 1. The average Bonchev–Trinajstić information content (AvgIpc) is 2.99. The molecular formula is C14H23N3O. The molecule has 4 heteroatoms. The number of aromatic nitrogens is 2. The van der Waals surface area contributed by atoms with Crippen molar-refractivity contribution in [1.29, 1.82) is 0 Å². The highest BCUT2D eigenvalue weighted by Gasteiger charge is 2.35. The van der Waals surface area contributed by atoms with Gasteiger partial charge in [-0.3, -0.25) is 9.69 Å². The van der Waals surface area contributed by atoms with Gasteiger partial charge >= 0.3 is 0 Å². The lowest BCUT2D eigenvalue weighted by Crippen LogP contribution is -2.49. The number of aryl methyl sites for hydroxylation is 1. The minimum absolute atomic E-state index is 0.269. The summed E-state index contributed by atoms with van der Waals surface area (Å²) in [5.74, 6) is 1.15. The highest BCUT2D eigenvalue weighted by atomic mass is 16.1. The number of Topliss-reactive ketones (excluding diaryl/α,β-unsaturated/α-hetero) is 1. The van der Waals surface area contributed by atoms with Crippen LogP contribution < -0.4 is 0 Å². The first-order valence-electron chi connectivity index (χ1n) is 6.84. The van der Waals surface area contributed by atoms with Gasteiger partial charge in [-0.2, -0.15) is 0 Å². The number of likely N-dealkylation sites (tertiary alicyclic amines) is 1. The van der Waals surface area contributed by atoms with Crippen LogP contribution in [0.25, 0.3) is 0 Å². The molecule has 0 aromatic carbocycles. The minimum Gasteiger partial charge on any atom is -0.335 e. The Kier molecular flexibility index (Phi) is 3.85. The van der Waals surface area contributed by atoms with Crippen LogP contribution in [0.1, 0.15) is 39.4 Å². The van der Waals surface area contributed by atoms with Gasteiger partial charge in [0, 0.05) is 18.9 Å². The van der Waals surface area contributed by atoms with E-state index in [0.717, 1.165) is 25.5 Å². The van der Waals surface area contributed by atoms with Crippen LogP contribution in [0.3, 0.4) is 0 Å². The maximum Gasteiger partial charge on any atom is 0.160 e. The lowest BCUT2D eigenvalue weighted by atomic mass is 9.94. The largest absolute Gasteiger partial charge is 0.335 e. The number of nitrogens with zero attached hydrogens (tertiary/aromatic N) is 3. The third kappa shape index (κ3) is 2.48. The number of rotatable bonds is 5. The van der Waals surface area contributed by atoms with Crippen molar-refractivity contribution < 1.29 is 4.79 Å². The summed E-state index contributed by atoms with van der Waals surface area (Å²) < 4.78 is 2.04. The molecule has 2 rings (SSSR count). The van der Waals surface area contributed by atoms with Gasteiger partial charge in [-0.1, -0.05) is 0 Å². The van der Waals surface area contributed by atoms with Crippen molar-refractivity contribution in [2.75, 3.05) is 13.1 Å². The first-order chi connectivity index (χ1) is 8.55. The van der Waals surface area contributed by atoms with Crippen molar-refractivity contribution in [3.05, 3.63) is 18.2 Å². The van der Waals surface area contributed by atoms with E-state index >= 15 is 0 Å². The molecule has 0 atom stereocenters. The number of hydrogen-bond donors (Lipinski definition) is 0. The van der Waals surface area contributed by atoms with Crippen LogP contribution in [0.2, 0.25) is 0 Å². The lowest BCUT2D eigenvalue weighted by Gasteiger charge is -2.33. The van der Waals surface area contributed by atoms with E-state index in [4.69, 9.17) is 0 Å². The van der Waals surface area contributed by atoms with E-state index in [2.05, 4.69) is 16.8 Å². The molecule has 0 N–H and O–H groups in total. The quantitative estimate of drug-likeness (QED) is 0.800. The van der Waals surface area contributed by atoms with E-state index in [-0.39, 0.29) is 11.3 Å². The van der Waals surface area contributed by atoms with Gasteiger partial charge in [-0.15, -0.1) is 0 Å². The van der Waals surface area contributed by atoms with Crippen LogP contribution in [-0.4, -0.2) is 38.9 Å². The zero-order valence-electron chi connectivity index (χ0n) is 11.6. The van der Waals surface area contributed by atoms with E-state index in [1.165, 1.54) is 12.8 Å². The smallest absolute Gasteiger partial charge is 0.160 e. The molecule has 1 aliphatic heterocycles. The molecule has 100 valence electrons. The van der Waals surface area contributed by atoms with Gasteiger partial charge in [0.05, 0.1) is 12.0 Å². The van der Waals surface area contributed by atoms with Crippen molar-refractivity contribution in [1.82, 2.24) is 14.5 Å². The zero-order valence-corrected chi connectivity index (χ0v) is 11.6. The van der Waals surface area contributed by atoms with Crippen molar-refractivity contribution >= 4 is 5.78 Å². The average molecular weight is 249 g/mol. The second-order valence-corrected chi connectivity index (χ2v) is 5.48. The fraction of sp³-hybridized carbons (Fsp3) is 0.714. The molecule has 0 spiro atoms. The Morgan fingerprint density at radius 1 is 1.39 bits per heavy atom. The van der Waals surface area contributed by atoms with Gasteiger partial charge in [-0.25, -0.2) is 4.98 Å². The van der Waals surface area contributed by atoms with Crippen LogP contribution in [-0.2, 0) is 17.8 Å². The highest BCUT2D eigenvalue weighted by molar-refractivity contribution is 5.89. The Labute approximate surface area is 109 Å². The summed E-state index contributed by atoms with van der Waals surface area (Å²) in [6, 6.07) is 0. The molecule has 0 saturated carbocycles. The van der Waals surface area contributed by atoms with E-state index < -0.39 is 0 Å². The highest BCUT2D eigenvalue weighted by Crippen LogP contribution is 2.23. The number of ketones is 1. The molecule has 4 nitrogen and oxygen atoms in total. The molecule has 0 amide bonds. The Morgan fingerprint density at radius 2 is 2.06 bits per heavy atom. The Bertz CT molecular complexity index is 416. The van der Waals surface area contributed by atoms with Gasteiger partial charge in [0.15, 0.2) is 5.78 Å². The van der Waals surface area contributed by atoms with Gasteiger partial charge in [0.2, 0.25) is 0 Å². The second-order valence-electron chi connectivity index (χ2n) is 5.48. The zero-order chi connectivity index (χ0) is 13.2. The number of carbonyl (C=O) groups excluding carboxylic acids is 1. The number of hydrogen-bond acceptors (Lipinski definition) is 3. The molecule has 1 aromatic heterocycles. The molecule has 0 aliphatic carbocycles. The van der Waals surface area contributed by atoms with Crippen molar-refractivity contribution in [3.8, 4) is 0 Å². The monoisotopic (exact) mass is 249 g/mol. The van der Waals surface area contributed by atoms with E-state index in [0.29, 0.717) is 6.42 Å². The molecule has 1 saturated heterocycles. The summed E-state index contributed by atoms with van der Waals surface area (Å²) in [7, 11) is 0. The molecular weight excluding hydrogens is 226 g/mol. The second kappa shape index (κ2) is 5.22. The fourth-order valence-corrected chi connectivity index (χ4v) is 2.61. The fourth-order valence-electron chi connectivity index (χ4n) is 2.61. The van der Waals surface area contributed by atoms with E-state index in [1.54, 1.807) is 6.20 Å². The van der Waals surface area contributed by atoms with Gasteiger partial charge in [0.1, 0.15) is 5.82 Å². The predicted octanol–water partition coefficient (Wildman–Crippen LogP) is 1.89. The first-order valence-corrected chi connectivity index (χ1v) is 6.84. The summed E-state index contributed by atoms with van der Waals surface area (Å²) in [5.41, 5.74) is -0.360. The van der Waals surface area contributed by atoms with Crippen LogP contribution >= 0.6 is 0 Å². The standard InChI is InChI=1S/C14H23N3O/c1-4-16-10-7-15-13(16)11-12(18)14(2,3)17-8-5-6-9-17/h7,10H,4-6,8-9,11H2,1-3H3. The molecule has 1 fully saturated rings. The van der Waals surface area contributed by atoms with Crippen LogP contribution in [0.15, 0.2) is 12.4 Å². The molecule has 18 heavy (non-hydrogen) atoms. The maximum atomic E-state index is 12.5. The third-order valence-electron chi connectivity index (χ3n) is 4.04. The van der Waals surface area contributed by atoms with E-state index in [1.807, 2.05) is 24.6 Å². The van der Waals surface area contributed by atoms with Gasteiger partial charge in [-0.05, 0) is 46.7 Å². The van der Waals surface area contributed by atoms with Crippen molar-refractivity contribution in [3.63, 3.8) is 0 Å². The Balaban J connectivity index is 2.07.